The van der Waals surface area contributed by atoms with Crippen LogP contribution in [-0.4, -0.2) is 9.67 Å². The van der Waals surface area contributed by atoms with Crippen LogP contribution in [0.25, 0.3) is 28.5 Å². The zero-order valence-electron chi connectivity index (χ0n) is 13.8. The van der Waals surface area contributed by atoms with Gasteiger partial charge in [0.05, 0.1) is 11.3 Å². The largest absolute Gasteiger partial charge is 0.692 e. The molecule has 0 aliphatic carbocycles. The SMILES string of the molecule is Cc1ccc(-c2nc(-c3ccccc3)n(-c3ccccc3)[n+]2[O-])cc1. The lowest BCUT2D eigenvalue weighted by Gasteiger charge is -2.09. The summed E-state index contributed by atoms with van der Waals surface area (Å²) in [5, 5.41) is 13.1. The fourth-order valence-electron chi connectivity index (χ4n) is 2.82. The Kier molecular flexibility index (Phi) is 3.78. The molecule has 0 bridgehead atoms. The number of rotatable bonds is 3. The van der Waals surface area contributed by atoms with Crippen LogP contribution in [0.5, 0.6) is 0 Å². The molecule has 1 heterocycles. The van der Waals surface area contributed by atoms with Crippen molar-refractivity contribution in [2.45, 2.75) is 6.92 Å². The summed E-state index contributed by atoms with van der Waals surface area (Å²) in [6, 6.07) is 27.1. The van der Waals surface area contributed by atoms with Gasteiger partial charge in [0, 0.05) is 5.56 Å². The van der Waals surface area contributed by atoms with Crippen LogP contribution < -0.4 is 4.85 Å². The van der Waals surface area contributed by atoms with E-state index in [9.17, 15) is 5.21 Å². The lowest BCUT2D eigenvalue weighted by Crippen LogP contribution is -2.38. The molecule has 0 radical (unpaired) electrons. The highest BCUT2D eigenvalue weighted by molar-refractivity contribution is 5.61. The summed E-state index contributed by atoms with van der Waals surface area (Å²) in [4.78, 5) is 5.53. The Balaban J connectivity index is 1.97. The third kappa shape index (κ3) is 2.78. The van der Waals surface area contributed by atoms with Gasteiger partial charge in [-0.2, -0.15) is 0 Å². The fraction of sp³-hybridized carbons (Fsp3) is 0.0476. The summed E-state index contributed by atoms with van der Waals surface area (Å²) in [6.45, 7) is 2.02. The molecule has 0 saturated heterocycles. The zero-order valence-corrected chi connectivity index (χ0v) is 13.8. The van der Waals surface area contributed by atoms with E-state index in [2.05, 4.69) is 4.98 Å². The van der Waals surface area contributed by atoms with E-state index in [-0.39, 0.29) is 0 Å². The molecule has 4 nitrogen and oxygen atoms in total. The number of aryl methyl sites for hydroxylation is 1. The summed E-state index contributed by atoms with van der Waals surface area (Å²) >= 11 is 0. The first-order chi connectivity index (χ1) is 12.2. The lowest BCUT2D eigenvalue weighted by molar-refractivity contribution is -0.673. The van der Waals surface area contributed by atoms with Gasteiger partial charge >= 0.3 is 5.82 Å². The van der Waals surface area contributed by atoms with E-state index in [0.29, 0.717) is 11.6 Å². The van der Waals surface area contributed by atoms with Crippen molar-refractivity contribution in [1.82, 2.24) is 9.67 Å². The molecule has 122 valence electrons. The normalized spacial score (nSPS) is 10.8. The molecule has 0 aliphatic heterocycles. The molecule has 0 atom stereocenters. The second-order valence-electron chi connectivity index (χ2n) is 5.91. The average molecular weight is 327 g/mol. The zero-order chi connectivity index (χ0) is 17.2. The van der Waals surface area contributed by atoms with Gasteiger partial charge in [-0.05, 0) is 48.3 Å². The molecule has 0 fully saturated rings. The molecule has 4 aromatic rings. The van der Waals surface area contributed by atoms with Crippen LogP contribution in [0.3, 0.4) is 0 Å². The Morgan fingerprint density at radius 3 is 2.00 bits per heavy atom. The molecule has 0 spiro atoms. The van der Waals surface area contributed by atoms with Crippen molar-refractivity contribution in [3.05, 3.63) is 95.7 Å². The van der Waals surface area contributed by atoms with E-state index in [1.165, 1.54) is 0 Å². The van der Waals surface area contributed by atoms with E-state index in [4.69, 9.17) is 0 Å². The molecule has 1 aromatic heterocycles. The van der Waals surface area contributed by atoms with E-state index in [1.807, 2.05) is 91.9 Å². The van der Waals surface area contributed by atoms with Gasteiger partial charge in [-0.1, -0.05) is 54.1 Å². The van der Waals surface area contributed by atoms with Crippen molar-refractivity contribution < 1.29 is 4.85 Å². The molecule has 0 N–H and O–H groups in total. The number of benzene rings is 3. The number of nitrogens with zero attached hydrogens (tertiary/aromatic N) is 3. The molecule has 25 heavy (non-hydrogen) atoms. The number of para-hydroxylation sites is 1. The van der Waals surface area contributed by atoms with E-state index < -0.39 is 0 Å². The minimum atomic E-state index is 0.391. The molecule has 4 rings (SSSR count). The average Bonchev–Trinajstić information content (AvgIpc) is 3.01. The first-order valence-corrected chi connectivity index (χ1v) is 8.14. The van der Waals surface area contributed by atoms with Gasteiger partial charge in [0.15, 0.2) is 0 Å². The van der Waals surface area contributed by atoms with Gasteiger partial charge in [-0.25, -0.2) is 0 Å². The molecule has 0 aliphatic rings. The van der Waals surface area contributed by atoms with Gasteiger partial charge in [0.1, 0.15) is 0 Å². The summed E-state index contributed by atoms with van der Waals surface area (Å²) in [5.74, 6) is 1.01. The highest BCUT2D eigenvalue weighted by atomic mass is 16.5. The maximum atomic E-state index is 13.1. The first kappa shape index (κ1) is 15.1. The highest BCUT2D eigenvalue weighted by Crippen LogP contribution is 2.24. The lowest BCUT2D eigenvalue weighted by atomic mass is 10.1. The quantitative estimate of drug-likeness (QED) is 0.419. The predicted molar refractivity (Wildman–Crippen MR) is 98.1 cm³/mol. The smallest absolute Gasteiger partial charge is 0.355 e. The summed E-state index contributed by atoms with van der Waals surface area (Å²) < 4.78 is 1.60. The number of aromatic nitrogens is 3. The molecular formula is C21H17N3O. The van der Waals surface area contributed by atoms with Crippen LogP contribution in [0.4, 0.5) is 0 Å². The summed E-state index contributed by atoms with van der Waals surface area (Å²) in [5.41, 5.74) is 3.62. The van der Waals surface area contributed by atoms with Gasteiger partial charge in [0.25, 0.3) is 5.82 Å². The van der Waals surface area contributed by atoms with Crippen LogP contribution in [0.15, 0.2) is 84.9 Å². The summed E-state index contributed by atoms with van der Waals surface area (Å²) in [6.07, 6.45) is 0. The molecule has 3 aromatic carbocycles. The maximum absolute atomic E-state index is 13.1. The second-order valence-corrected chi connectivity index (χ2v) is 5.91. The van der Waals surface area contributed by atoms with E-state index in [0.717, 1.165) is 27.2 Å². The van der Waals surface area contributed by atoms with Crippen molar-refractivity contribution in [3.63, 3.8) is 0 Å². The molecule has 0 unspecified atom stereocenters. The third-order valence-corrected chi connectivity index (χ3v) is 4.12. The highest BCUT2D eigenvalue weighted by Gasteiger charge is 2.25. The Labute approximate surface area is 146 Å². The molecule has 4 heteroatoms. The Morgan fingerprint density at radius 2 is 1.36 bits per heavy atom. The standard InChI is InChI=1S/C21H17N3O/c1-16-12-14-18(15-13-16)21-22-20(17-8-4-2-5-9-17)23(24(21)25)19-10-6-3-7-11-19/h2-15H,1H3. The van der Waals surface area contributed by atoms with E-state index >= 15 is 0 Å². The second kappa shape index (κ2) is 6.24. The van der Waals surface area contributed by atoms with Gasteiger partial charge in [-0.15, -0.1) is 9.53 Å². The van der Waals surface area contributed by atoms with Crippen LogP contribution in [0.1, 0.15) is 5.56 Å². The van der Waals surface area contributed by atoms with Crippen molar-refractivity contribution in [2.75, 3.05) is 0 Å². The van der Waals surface area contributed by atoms with Gasteiger partial charge in [-0.3, -0.25) is 0 Å². The van der Waals surface area contributed by atoms with Crippen LogP contribution in [-0.2, 0) is 0 Å². The molecular weight excluding hydrogens is 310 g/mol. The Hall–Kier alpha value is -3.40. The Bertz CT molecular complexity index is 991. The first-order valence-electron chi connectivity index (χ1n) is 8.14. The molecule has 0 amide bonds. The number of hydrogen-bond donors (Lipinski definition) is 0. The maximum Gasteiger partial charge on any atom is 0.355 e. The van der Waals surface area contributed by atoms with Crippen molar-refractivity contribution in [2.24, 2.45) is 0 Å². The van der Waals surface area contributed by atoms with Crippen molar-refractivity contribution >= 4 is 0 Å². The topological polar surface area (TPSA) is 44.8 Å². The minimum absolute atomic E-state index is 0.391. The van der Waals surface area contributed by atoms with Crippen LogP contribution >= 0.6 is 0 Å². The minimum Gasteiger partial charge on any atom is -0.692 e. The van der Waals surface area contributed by atoms with E-state index in [1.54, 1.807) is 4.68 Å². The predicted octanol–water partition coefficient (Wildman–Crippen LogP) is 4.15. The van der Waals surface area contributed by atoms with Crippen LogP contribution in [0, 0.1) is 12.1 Å². The van der Waals surface area contributed by atoms with Crippen molar-refractivity contribution in [3.8, 4) is 28.5 Å². The number of hydrogen-bond acceptors (Lipinski definition) is 2. The van der Waals surface area contributed by atoms with Crippen LogP contribution in [0.2, 0.25) is 0 Å². The van der Waals surface area contributed by atoms with Gasteiger partial charge < -0.3 is 5.21 Å². The summed E-state index contributed by atoms with van der Waals surface area (Å²) in [7, 11) is 0. The third-order valence-electron chi connectivity index (χ3n) is 4.12. The van der Waals surface area contributed by atoms with Gasteiger partial charge in [0.2, 0.25) is 0 Å². The Morgan fingerprint density at radius 1 is 0.760 bits per heavy atom. The monoisotopic (exact) mass is 327 g/mol. The van der Waals surface area contributed by atoms with Crippen molar-refractivity contribution in [1.29, 1.82) is 0 Å². The molecule has 0 saturated carbocycles. The fourth-order valence-corrected chi connectivity index (χ4v) is 2.82.